The largest absolute Gasteiger partial charge is 0.462 e. The monoisotopic (exact) mass is 597 g/mol. The number of nitrogens with zero attached hydrogens (tertiary/aromatic N) is 1. The molecule has 2 heterocycles. The normalized spacial score (nSPS) is 25.4. The van der Waals surface area contributed by atoms with Crippen molar-refractivity contribution in [3.63, 3.8) is 0 Å². The zero-order chi connectivity index (χ0) is 29.1. The lowest BCUT2D eigenvalue weighted by Gasteiger charge is -2.32. The molecule has 1 aromatic heterocycles. The molecule has 1 aliphatic heterocycles. The van der Waals surface area contributed by atoms with E-state index < -0.39 is 79.2 Å². The number of H-pyrrole nitrogens is 1. The molecule has 1 aromatic carbocycles. The molecule has 0 saturated carbocycles. The molecule has 39 heavy (non-hydrogen) atoms. The van der Waals surface area contributed by atoms with Crippen molar-refractivity contribution in [2.24, 2.45) is 0 Å². The number of ether oxygens (including phenoxy) is 2. The minimum atomic E-state index is -4.69. The van der Waals surface area contributed by atoms with Crippen LogP contribution in [0, 0.1) is 0 Å². The number of nitrogens with one attached hydrogen (secondary N) is 2. The highest BCUT2D eigenvalue weighted by atomic mass is 35.5. The highest BCUT2D eigenvalue weighted by Gasteiger charge is 2.61. The van der Waals surface area contributed by atoms with Gasteiger partial charge in [0.15, 0.2) is 11.8 Å². The molecule has 13 nitrogen and oxygen atoms in total. The molecular weight excluding hydrogens is 571 g/mol. The van der Waals surface area contributed by atoms with Crippen LogP contribution in [-0.4, -0.2) is 68.7 Å². The number of hydrogen-bond acceptors (Lipinski definition) is 10. The first-order valence-corrected chi connectivity index (χ1v) is 13.4. The average molecular weight is 598 g/mol. The van der Waals surface area contributed by atoms with E-state index in [1.165, 1.54) is 31.2 Å². The first-order chi connectivity index (χ1) is 18.2. The first kappa shape index (κ1) is 30.9. The van der Waals surface area contributed by atoms with Gasteiger partial charge >= 0.3 is 19.4 Å². The van der Waals surface area contributed by atoms with E-state index in [1.807, 2.05) is 4.98 Å². The average Bonchev–Trinajstić information content (AvgIpc) is 3.11. The lowest BCUT2D eigenvalue weighted by atomic mass is 9.96. The molecule has 0 bridgehead atoms. The number of carbonyl (C=O) groups is 1. The van der Waals surface area contributed by atoms with Crippen LogP contribution in [-0.2, 0) is 23.4 Å². The van der Waals surface area contributed by atoms with Crippen LogP contribution >= 0.6 is 19.3 Å². The topological polar surface area (TPSA) is 178 Å². The third kappa shape index (κ3) is 6.92. The van der Waals surface area contributed by atoms with E-state index in [-0.39, 0.29) is 5.75 Å². The Morgan fingerprint density at radius 3 is 2.49 bits per heavy atom. The van der Waals surface area contributed by atoms with Crippen molar-refractivity contribution in [2.75, 3.05) is 6.61 Å². The number of aliphatic hydroxyl groups excluding tert-OH is 2. The van der Waals surface area contributed by atoms with Crippen molar-refractivity contribution in [3.8, 4) is 5.75 Å². The molecule has 0 spiro atoms. The van der Waals surface area contributed by atoms with Crippen molar-refractivity contribution in [1.29, 1.82) is 0 Å². The summed E-state index contributed by atoms with van der Waals surface area (Å²) in [4.78, 5) is 37.9. The van der Waals surface area contributed by atoms with Gasteiger partial charge in [-0.1, -0.05) is 29.8 Å². The zero-order valence-corrected chi connectivity index (χ0v) is 22.5. The lowest BCUT2D eigenvalue weighted by molar-refractivity contribution is -0.192. The summed E-state index contributed by atoms with van der Waals surface area (Å²) >= 11 is 5.71. The van der Waals surface area contributed by atoms with Gasteiger partial charge < -0.3 is 24.2 Å². The second-order valence-corrected chi connectivity index (χ2v) is 11.0. The lowest BCUT2D eigenvalue weighted by Crippen LogP contribution is -2.53. The number of esters is 1. The Morgan fingerprint density at radius 1 is 1.26 bits per heavy atom. The van der Waals surface area contributed by atoms with E-state index >= 15 is 0 Å². The molecule has 17 heteroatoms. The van der Waals surface area contributed by atoms with E-state index in [0.29, 0.717) is 4.57 Å². The summed E-state index contributed by atoms with van der Waals surface area (Å²) in [6, 6.07) is 6.12. The molecule has 6 atom stereocenters. The van der Waals surface area contributed by atoms with E-state index in [2.05, 4.69) is 5.09 Å². The van der Waals surface area contributed by atoms with Crippen molar-refractivity contribution < 1.29 is 46.9 Å². The van der Waals surface area contributed by atoms with E-state index in [4.69, 9.17) is 30.1 Å². The predicted octanol–water partition coefficient (Wildman–Crippen LogP) is 1.58. The van der Waals surface area contributed by atoms with Crippen LogP contribution in [0.4, 0.5) is 8.78 Å². The van der Waals surface area contributed by atoms with Crippen LogP contribution in [0.5, 0.6) is 5.75 Å². The van der Waals surface area contributed by atoms with Crippen molar-refractivity contribution in [2.45, 2.75) is 63.4 Å². The third-order valence-corrected chi connectivity index (χ3v) is 7.40. The number of rotatable bonds is 11. The molecule has 4 N–H and O–H groups in total. The van der Waals surface area contributed by atoms with Gasteiger partial charge in [-0.05, 0) is 32.9 Å². The van der Waals surface area contributed by atoms with Crippen LogP contribution in [0.25, 0.3) is 0 Å². The summed E-state index contributed by atoms with van der Waals surface area (Å²) < 4.78 is 63.9. The van der Waals surface area contributed by atoms with E-state index in [0.717, 1.165) is 6.20 Å². The van der Waals surface area contributed by atoms with Crippen molar-refractivity contribution in [1.82, 2.24) is 14.6 Å². The van der Waals surface area contributed by atoms with Crippen molar-refractivity contribution in [3.05, 3.63) is 62.4 Å². The van der Waals surface area contributed by atoms with Crippen LogP contribution in [0.15, 0.2) is 46.1 Å². The van der Waals surface area contributed by atoms with E-state index in [1.54, 1.807) is 19.9 Å². The van der Waals surface area contributed by atoms with Crippen LogP contribution in [0.2, 0.25) is 5.02 Å². The maximum Gasteiger partial charge on any atom is 0.459 e. The van der Waals surface area contributed by atoms with Gasteiger partial charge in [0.05, 0.1) is 12.7 Å². The van der Waals surface area contributed by atoms with Crippen LogP contribution in [0.1, 0.15) is 27.0 Å². The molecule has 0 radical (unpaired) electrons. The standard InChI is InChI=1S/C22H27ClF2N3O10P/c1-11(2)36-19(32)12(3)27-39(34,38-13-7-5-4-6-8-13)35-10-22(20(24)25)16(30)15(29)18(37-22)28-9-14(23)17(31)26-21(28)33/h4-9,11-12,15-16,18,20,29-30H,10H2,1-3H3,(H,27,34)(H,26,31,33). The summed E-state index contributed by atoms with van der Waals surface area (Å²) in [5.74, 6) is -0.875. The Bertz CT molecular complexity index is 1330. The number of hydrogen-bond donors (Lipinski definition) is 4. The molecule has 2 aromatic rings. The maximum absolute atomic E-state index is 14.4. The molecule has 0 amide bonds. The number of halogens is 3. The highest BCUT2D eigenvalue weighted by molar-refractivity contribution is 7.52. The van der Waals surface area contributed by atoms with Gasteiger partial charge in [-0.3, -0.25) is 23.7 Å². The molecule has 216 valence electrons. The first-order valence-electron chi connectivity index (χ1n) is 11.5. The molecule has 1 fully saturated rings. The van der Waals surface area contributed by atoms with E-state index in [9.17, 15) is 37.9 Å². The fraction of sp³-hybridized carbons (Fsp3) is 0.500. The van der Waals surface area contributed by atoms with Crippen LogP contribution in [0.3, 0.4) is 0 Å². The van der Waals surface area contributed by atoms with Gasteiger partial charge in [0.2, 0.25) is 0 Å². The Kier molecular flexibility index (Phi) is 9.70. The maximum atomic E-state index is 14.4. The third-order valence-electron chi connectivity index (χ3n) is 5.51. The Balaban J connectivity index is 1.92. The van der Waals surface area contributed by atoms with Crippen LogP contribution < -0.4 is 20.9 Å². The number of alkyl halides is 2. The number of aromatic amines is 1. The second-order valence-electron chi connectivity index (χ2n) is 8.85. The molecule has 1 aliphatic rings. The Hall–Kier alpha value is -2.65. The second kappa shape index (κ2) is 12.3. The number of para-hydroxylation sites is 1. The highest BCUT2D eigenvalue weighted by Crippen LogP contribution is 2.49. The smallest absolute Gasteiger partial charge is 0.459 e. The van der Waals surface area contributed by atoms with Gasteiger partial charge in [0.1, 0.15) is 29.0 Å². The summed E-state index contributed by atoms with van der Waals surface area (Å²) in [6.07, 6.45) is -9.86. The summed E-state index contributed by atoms with van der Waals surface area (Å²) in [7, 11) is -4.69. The summed E-state index contributed by atoms with van der Waals surface area (Å²) in [6.45, 7) is 3.07. The minimum Gasteiger partial charge on any atom is -0.462 e. The molecule has 1 saturated heterocycles. The summed E-state index contributed by atoms with van der Waals surface area (Å²) in [5.41, 5.74) is -5.21. The van der Waals surface area contributed by atoms with Gasteiger partial charge in [-0.2, -0.15) is 5.09 Å². The van der Waals surface area contributed by atoms with Gasteiger partial charge in [-0.25, -0.2) is 18.1 Å². The van der Waals surface area contributed by atoms with Gasteiger partial charge in [0.25, 0.3) is 12.0 Å². The number of aromatic nitrogens is 2. The number of aliphatic hydroxyl groups is 2. The molecule has 0 aliphatic carbocycles. The van der Waals surface area contributed by atoms with Gasteiger partial charge in [-0.15, -0.1) is 0 Å². The number of carbonyl (C=O) groups excluding carboxylic acids is 1. The zero-order valence-electron chi connectivity index (χ0n) is 20.8. The quantitative estimate of drug-likeness (QED) is 0.218. The minimum absolute atomic E-state index is 0.0240. The summed E-state index contributed by atoms with van der Waals surface area (Å²) in [5, 5.41) is 22.9. The fourth-order valence-corrected chi connectivity index (χ4v) is 5.25. The molecule has 3 rings (SSSR count). The van der Waals surface area contributed by atoms with Crippen molar-refractivity contribution >= 4 is 25.3 Å². The number of benzene rings is 1. The SMILES string of the molecule is CC(C)OC(=O)C(C)NP(=O)(OCC1(C(F)F)OC(n2cc(Cl)c(=O)[nH]c2=O)C(O)C1O)Oc1ccccc1. The fourth-order valence-electron chi connectivity index (χ4n) is 3.56. The molecular formula is C22H27ClF2N3O10P. The Labute approximate surface area is 225 Å². The molecule has 6 unspecified atom stereocenters. The van der Waals surface area contributed by atoms with Gasteiger partial charge in [0, 0.05) is 6.20 Å². The predicted molar refractivity (Wildman–Crippen MR) is 132 cm³/mol. The Morgan fingerprint density at radius 2 is 1.90 bits per heavy atom.